The third-order valence-corrected chi connectivity index (χ3v) is 4.12. The summed E-state index contributed by atoms with van der Waals surface area (Å²) in [5.41, 5.74) is 1.75. The first-order valence-electron chi connectivity index (χ1n) is 7.15. The van der Waals surface area contributed by atoms with Crippen LogP contribution in [-0.2, 0) is 6.42 Å². The molecule has 1 heterocycles. The summed E-state index contributed by atoms with van der Waals surface area (Å²) in [6.07, 6.45) is 0.743. The van der Waals surface area contributed by atoms with Crippen LogP contribution in [0.15, 0.2) is 46.9 Å². The predicted octanol–water partition coefficient (Wildman–Crippen LogP) is 3.19. The van der Waals surface area contributed by atoms with Gasteiger partial charge in [-0.25, -0.2) is 0 Å². The van der Waals surface area contributed by atoms with Gasteiger partial charge in [-0.3, -0.25) is 4.79 Å². The molecular formula is C17H16BrNO3. The number of ether oxygens (including phenoxy) is 2. The maximum atomic E-state index is 12.1. The number of carbonyl (C=O) groups is 1. The number of amides is 1. The molecule has 2 aromatic rings. The first-order valence-corrected chi connectivity index (χ1v) is 7.94. The van der Waals surface area contributed by atoms with Crippen molar-refractivity contribution in [2.45, 2.75) is 6.42 Å². The Labute approximate surface area is 137 Å². The van der Waals surface area contributed by atoms with E-state index in [0.29, 0.717) is 25.3 Å². The van der Waals surface area contributed by atoms with Crippen LogP contribution >= 0.6 is 15.9 Å². The summed E-state index contributed by atoms with van der Waals surface area (Å²) in [5.74, 6) is 1.48. The molecule has 0 saturated heterocycles. The highest BCUT2D eigenvalue weighted by atomic mass is 79.9. The standard InChI is InChI=1S/C17H16BrNO3/c18-14-4-2-1-3-13(14)17(20)19-8-7-12-5-6-15-16(11-12)22-10-9-21-15/h1-6,11H,7-10H2,(H,19,20). The SMILES string of the molecule is O=C(NCCc1ccc2c(c1)OCCO2)c1ccccc1Br. The maximum Gasteiger partial charge on any atom is 0.252 e. The molecule has 4 nitrogen and oxygen atoms in total. The molecule has 1 N–H and O–H groups in total. The van der Waals surface area contributed by atoms with Crippen LogP contribution < -0.4 is 14.8 Å². The minimum absolute atomic E-state index is 0.0787. The van der Waals surface area contributed by atoms with Gasteiger partial charge >= 0.3 is 0 Å². The van der Waals surface area contributed by atoms with Gasteiger partial charge in [0.1, 0.15) is 13.2 Å². The van der Waals surface area contributed by atoms with E-state index in [1.54, 1.807) is 6.07 Å². The fourth-order valence-corrected chi connectivity index (χ4v) is 2.77. The van der Waals surface area contributed by atoms with Gasteiger partial charge in [-0.1, -0.05) is 18.2 Å². The van der Waals surface area contributed by atoms with Crippen LogP contribution in [0.4, 0.5) is 0 Å². The molecule has 1 aliphatic rings. The van der Waals surface area contributed by atoms with Crippen LogP contribution in [-0.4, -0.2) is 25.7 Å². The summed E-state index contributed by atoms with van der Waals surface area (Å²) in [6.45, 7) is 1.74. The van der Waals surface area contributed by atoms with Gasteiger partial charge in [-0.2, -0.15) is 0 Å². The third kappa shape index (κ3) is 3.42. The van der Waals surface area contributed by atoms with Gasteiger partial charge in [-0.15, -0.1) is 0 Å². The molecule has 0 saturated carbocycles. The van der Waals surface area contributed by atoms with Crippen molar-refractivity contribution >= 4 is 21.8 Å². The minimum atomic E-state index is -0.0787. The van der Waals surface area contributed by atoms with E-state index in [1.807, 2.05) is 36.4 Å². The zero-order valence-corrected chi connectivity index (χ0v) is 13.6. The van der Waals surface area contributed by atoms with Crippen LogP contribution in [0.3, 0.4) is 0 Å². The molecule has 114 valence electrons. The first kappa shape index (κ1) is 14.9. The Bertz CT molecular complexity index is 687. The Hall–Kier alpha value is -2.01. The van der Waals surface area contributed by atoms with Crippen molar-refractivity contribution in [3.63, 3.8) is 0 Å². The van der Waals surface area contributed by atoms with E-state index in [1.165, 1.54) is 0 Å². The van der Waals surface area contributed by atoms with Gasteiger partial charge in [0.25, 0.3) is 5.91 Å². The van der Waals surface area contributed by atoms with Crippen molar-refractivity contribution in [2.24, 2.45) is 0 Å². The summed E-state index contributed by atoms with van der Waals surface area (Å²) >= 11 is 3.38. The molecule has 5 heteroatoms. The Morgan fingerprint density at radius 2 is 1.86 bits per heavy atom. The largest absolute Gasteiger partial charge is 0.486 e. The van der Waals surface area contributed by atoms with Gasteiger partial charge in [0, 0.05) is 11.0 Å². The molecule has 0 spiro atoms. The van der Waals surface area contributed by atoms with Gasteiger partial charge < -0.3 is 14.8 Å². The fraction of sp³-hybridized carbons (Fsp3) is 0.235. The monoisotopic (exact) mass is 361 g/mol. The summed E-state index contributed by atoms with van der Waals surface area (Å²) < 4.78 is 11.8. The summed E-state index contributed by atoms with van der Waals surface area (Å²) in [4.78, 5) is 12.1. The number of rotatable bonds is 4. The highest BCUT2D eigenvalue weighted by Gasteiger charge is 2.12. The summed E-state index contributed by atoms with van der Waals surface area (Å²) in [7, 11) is 0. The van der Waals surface area contributed by atoms with E-state index in [9.17, 15) is 4.79 Å². The Morgan fingerprint density at radius 1 is 1.09 bits per heavy atom. The highest BCUT2D eigenvalue weighted by Crippen LogP contribution is 2.30. The predicted molar refractivity (Wildman–Crippen MR) is 87.6 cm³/mol. The number of nitrogens with one attached hydrogen (secondary N) is 1. The lowest BCUT2D eigenvalue weighted by molar-refractivity contribution is 0.0953. The van der Waals surface area contributed by atoms with E-state index < -0.39 is 0 Å². The molecule has 0 bridgehead atoms. The zero-order valence-electron chi connectivity index (χ0n) is 12.0. The molecule has 0 radical (unpaired) electrons. The van der Waals surface area contributed by atoms with Crippen LogP contribution in [0, 0.1) is 0 Å². The highest BCUT2D eigenvalue weighted by molar-refractivity contribution is 9.10. The topological polar surface area (TPSA) is 47.6 Å². The second-order valence-corrected chi connectivity index (χ2v) is 5.82. The van der Waals surface area contributed by atoms with Crippen molar-refractivity contribution in [1.82, 2.24) is 5.32 Å². The molecule has 0 fully saturated rings. The molecule has 2 aromatic carbocycles. The zero-order chi connectivity index (χ0) is 15.4. The van der Waals surface area contributed by atoms with E-state index in [-0.39, 0.29) is 5.91 Å². The third-order valence-electron chi connectivity index (χ3n) is 3.42. The average Bonchev–Trinajstić information content (AvgIpc) is 2.55. The molecular weight excluding hydrogens is 346 g/mol. The van der Waals surface area contributed by atoms with Crippen LogP contribution in [0.5, 0.6) is 11.5 Å². The van der Waals surface area contributed by atoms with Crippen molar-refractivity contribution in [3.05, 3.63) is 58.1 Å². The normalized spacial score (nSPS) is 12.8. The van der Waals surface area contributed by atoms with Gasteiger partial charge in [0.15, 0.2) is 11.5 Å². The molecule has 1 aliphatic heterocycles. The maximum absolute atomic E-state index is 12.1. The van der Waals surface area contributed by atoms with Gasteiger partial charge in [-0.05, 0) is 52.2 Å². The molecule has 0 aliphatic carbocycles. The van der Waals surface area contributed by atoms with E-state index >= 15 is 0 Å². The molecule has 22 heavy (non-hydrogen) atoms. The lowest BCUT2D eigenvalue weighted by atomic mass is 10.1. The molecule has 3 rings (SSSR count). The van der Waals surface area contributed by atoms with Gasteiger partial charge in [0.2, 0.25) is 0 Å². The number of halogens is 1. The van der Waals surface area contributed by atoms with Crippen molar-refractivity contribution in [1.29, 1.82) is 0 Å². The Balaban J connectivity index is 1.57. The van der Waals surface area contributed by atoms with Crippen molar-refractivity contribution in [2.75, 3.05) is 19.8 Å². The smallest absolute Gasteiger partial charge is 0.252 e. The average molecular weight is 362 g/mol. The Morgan fingerprint density at radius 3 is 2.68 bits per heavy atom. The number of hydrogen-bond donors (Lipinski definition) is 1. The summed E-state index contributed by atoms with van der Waals surface area (Å²) in [6, 6.07) is 13.3. The number of benzene rings is 2. The second-order valence-electron chi connectivity index (χ2n) is 4.96. The van der Waals surface area contributed by atoms with Crippen molar-refractivity contribution in [3.8, 4) is 11.5 Å². The van der Waals surface area contributed by atoms with Gasteiger partial charge in [0.05, 0.1) is 5.56 Å². The molecule has 0 unspecified atom stereocenters. The minimum Gasteiger partial charge on any atom is -0.486 e. The van der Waals surface area contributed by atoms with E-state index in [4.69, 9.17) is 9.47 Å². The van der Waals surface area contributed by atoms with Crippen LogP contribution in [0.2, 0.25) is 0 Å². The quantitative estimate of drug-likeness (QED) is 0.909. The lowest BCUT2D eigenvalue weighted by Gasteiger charge is -2.18. The number of carbonyl (C=O) groups excluding carboxylic acids is 1. The first-order chi connectivity index (χ1) is 10.7. The lowest BCUT2D eigenvalue weighted by Crippen LogP contribution is -2.26. The number of fused-ring (bicyclic) bond motifs is 1. The van der Waals surface area contributed by atoms with E-state index in [0.717, 1.165) is 28.0 Å². The van der Waals surface area contributed by atoms with E-state index in [2.05, 4.69) is 21.2 Å². The molecule has 0 aromatic heterocycles. The Kier molecular flexibility index (Phi) is 4.63. The van der Waals surface area contributed by atoms with Crippen LogP contribution in [0.1, 0.15) is 15.9 Å². The number of hydrogen-bond acceptors (Lipinski definition) is 3. The summed E-state index contributed by atoms with van der Waals surface area (Å²) in [5, 5.41) is 2.93. The van der Waals surface area contributed by atoms with Crippen molar-refractivity contribution < 1.29 is 14.3 Å². The van der Waals surface area contributed by atoms with Crippen LogP contribution in [0.25, 0.3) is 0 Å². The molecule has 1 amide bonds. The fourth-order valence-electron chi connectivity index (χ4n) is 2.30. The molecule has 0 atom stereocenters. The second kappa shape index (κ2) is 6.83.